The molecule has 296 valence electrons. The number of phenolic OH excluding ortho intramolecular Hbond substituents is 2. The van der Waals surface area contributed by atoms with Crippen LogP contribution in [0.4, 0.5) is 0 Å². The molecule has 5 rings (SSSR count). The van der Waals surface area contributed by atoms with Crippen molar-refractivity contribution in [1.82, 2.24) is 15.5 Å². The van der Waals surface area contributed by atoms with Gasteiger partial charge in [0.15, 0.2) is 23.8 Å². The third-order valence-electron chi connectivity index (χ3n) is 9.10. The van der Waals surface area contributed by atoms with E-state index in [1.807, 2.05) is 13.8 Å². The van der Waals surface area contributed by atoms with Gasteiger partial charge in [0.1, 0.15) is 29.4 Å². The minimum absolute atomic E-state index is 0. The number of carbonyl (C=O) groups is 5. The number of nitrogens with one attached hydrogen (secondary N) is 2. The second-order valence-corrected chi connectivity index (χ2v) is 14.4. The number of aliphatic carboxylic acids is 1. The monoisotopic (exact) mass is 834 g/mol. The number of amides is 3. The first kappa shape index (κ1) is 47.9. The summed E-state index contributed by atoms with van der Waals surface area (Å²) >= 11 is 8.18. The van der Waals surface area contributed by atoms with Crippen LogP contribution in [0, 0.1) is 0 Å². The molecule has 3 fully saturated rings. The van der Waals surface area contributed by atoms with Crippen LogP contribution >= 0.6 is 35.1 Å². The van der Waals surface area contributed by atoms with E-state index in [4.69, 9.17) is 37.1 Å². The average molecular weight is 835 g/mol. The molecule has 21 heteroatoms. The molecule has 0 saturated carbocycles. The van der Waals surface area contributed by atoms with Crippen LogP contribution in [0.25, 0.3) is 0 Å². The minimum atomic E-state index is -1.53. The summed E-state index contributed by atoms with van der Waals surface area (Å²) in [6, 6.07) is 2.16. The minimum Gasteiger partial charge on any atom is -0.546 e. The fourth-order valence-corrected chi connectivity index (χ4v) is 8.75. The van der Waals surface area contributed by atoms with Crippen LogP contribution < -0.4 is 51.0 Å². The van der Waals surface area contributed by atoms with Crippen LogP contribution in [0.5, 0.6) is 11.5 Å². The van der Waals surface area contributed by atoms with E-state index in [1.54, 1.807) is 0 Å². The van der Waals surface area contributed by atoms with Crippen LogP contribution in [-0.4, -0.2) is 131 Å². The number of carboxylic acid groups (broad SMARTS) is 1. The van der Waals surface area contributed by atoms with Crippen molar-refractivity contribution in [2.75, 3.05) is 52.0 Å². The molecule has 4 heterocycles. The largest absolute Gasteiger partial charge is 1.00 e. The number of phenols is 2. The number of benzene rings is 1. The number of nitrogens with two attached hydrogens (primary N) is 1. The van der Waals surface area contributed by atoms with Crippen molar-refractivity contribution >= 4 is 77.2 Å². The first-order valence-corrected chi connectivity index (χ1v) is 19.5. The Kier molecular flexibility index (Phi) is 19.5. The third kappa shape index (κ3) is 11.2. The predicted octanol–water partition coefficient (Wildman–Crippen LogP) is -1.96. The number of hydrogen-bond donors (Lipinski definition) is 5. The topological polar surface area (TPSA) is 245 Å². The van der Waals surface area contributed by atoms with Gasteiger partial charge in [0.05, 0.1) is 42.8 Å². The van der Waals surface area contributed by atoms with Gasteiger partial charge in [-0.05, 0) is 18.9 Å². The number of rotatable bonds is 13. The Bertz CT molecular complexity index is 1700. The molecule has 1 aromatic rings. The number of methoxy groups -OCH3 is 1. The predicted molar refractivity (Wildman–Crippen MR) is 203 cm³/mol. The maximum Gasteiger partial charge on any atom is 1.00 e. The molecule has 17 nitrogen and oxygen atoms in total. The van der Waals surface area contributed by atoms with E-state index in [0.29, 0.717) is 18.3 Å². The fraction of sp³-hybridized carbons (Fsp3) is 0.500. The van der Waals surface area contributed by atoms with Gasteiger partial charge >= 0.3 is 35.5 Å². The smallest absolute Gasteiger partial charge is 0.546 e. The van der Waals surface area contributed by atoms with E-state index in [2.05, 4.69) is 27.5 Å². The number of carboxylic acids is 1. The first-order chi connectivity index (χ1) is 25.8. The van der Waals surface area contributed by atoms with Gasteiger partial charge in [-0.3, -0.25) is 24.3 Å². The number of halogens is 1. The van der Waals surface area contributed by atoms with Crippen LogP contribution in [0.1, 0.15) is 49.9 Å². The summed E-state index contributed by atoms with van der Waals surface area (Å²) in [5.41, 5.74) is 6.38. The van der Waals surface area contributed by atoms with Crippen molar-refractivity contribution in [1.29, 1.82) is 0 Å². The van der Waals surface area contributed by atoms with Gasteiger partial charge in [-0.15, -0.1) is 23.5 Å². The molecule has 3 amide bonds. The maximum atomic E-state index is 13.3. The quantitative estimate of drug-likeness (QED) is 0.0212. The van der Waals surface area contributed by atoms with Crippen LogP contribution in [0.15, 0.2) is 44.7 Å². The van der Waals surface area contributed by atoms with Crippen molar-refractivity contribution in [2.45, 2.75) is 57.0 Å². The molecule has 0 aliphatic carbocycles. The van der Waals surface area contributed by atoms with Gasteiger partial charge in [0, 0.05) is 55.3 Å². The number of β-lactam (4-membered cyclic amide) rings is 1. The molecule has 4 aliphatic heterocycles. The number of hydrogen-bond acceptors (Lipinski definition) is 15. The molecule has 4 aliphatic rings. The summed E-state index contributed by atoms with van der Waals surface area (Å²) in [7, 11) is 2.74. The molecule has 0 unspecified atom stereocenters. The molecule has 0 spiro atoms. The number of thioether (sulfide) groups is 2. The Balaban J connectivity index is 0.000000551. The number of aromatic hydroxyl groups is 2. The zero-order valence-electron chi connectivity index (χ0n) is 31.5. The molecule has 55 heavy (non-hydrogen) atoms. The molecule has 0 aromatic heterocycles. The van der Waals surface area contributed by atoms with E-state index in [9.17, 15) is 29.1 Å². The fourth-order valence-electron chi connectivity index (χ4n) is 6.73. The molecular formula is C34H46ClN7NaO10S2+. The summed E-state index contributed by atoms with van der Waals surface area (Å²) in [4.78, 5) is 71.1. The van der Waals surface area contributed by atoms with Gasteiger partial charge in [0.25, 0.3) is 17.7 Å². The Morgan fingerprint density at radius 1 is 1.22 bits per heavy atom. The van der Waals surface area contributed by atoms with Crippen molar-refractivity contribution in [2.24, 2.45) is 15.9 Å². The van der Waals surface area contributed by atoms with Gasteiger partial charge in [-0.25, -0.2) is 4.79 Å². The number of ether oxygens (including phenoxy) is 1. The van der Waals surface area contributed by atoms with E-state index in [1.165, 1.54) is 61.2 Å². The third-order valence-corrected chi connectivity index (χ3v) is 11.4. The van der Waals surface area contributed by atoms with Crippen LogP contribution in [0.3, 0.4) is 0 Å². The molecule has 0 radical (unpaired) electrons. The zero-order valence-corrected chi connectivity index (χ0v) is 35.9. The van der Waals surface area contributed by atoms with Gasteiger partial charge in [-0.1, -0.05) is 30.6 Å². The number of aliphatic imine (C=N–C) groups is 1. The number of oxime groups is 1. The van der Waals surface area contributed by atoms with Crippen molar-refractivity contribution < 1.29 is 82.9 Å². The van der Waals surface area contributed by atoms with Crippen LogP contribution in [-0.2, 0) is 28.8 Å². The Morgan fingerprint density at radius 3 is 2.44 bits per heavy atom. The number of fused-ring (bicyclic) bond motifs is 2. The van der Waals surface area contributed by atoms with E-state index < -0.39 is 53.4 Å². The average Bonchev–Trinajstić information content (AvgIpc) is 3.75. The molecule has 2 atom stereocenters. The van der Waals surface area contributed by atoms with E-state index in [-0.39, 0.29) is 68.9 Å². The number of esters is 1. The van der Waals surface area contributed by atoms with E-state index >= 15 is 0 Å². The second kappa shape index (κ2) is 22.4. The Labute approximate surface area is 355 Å². The van der Waals surface area contributed by atoms with Gasteiger partial charge in [0.2, 0.25) is 0 Å². The summed E-state index contributed by atoms with van der Waals surface area (Å²) in [5.74, 6) is -3.93. The van der Waals surface area contributed by atoms with Crippen molar-refractivity contribution in [3.8, 4) is 11.5 Å². The summed E-state index contributed by atoms with van der Waals surface area (Å²) < 4.78 is 6.03. The molecule has 6 N–H and O–H groups in total. The summed E-state index contributed by atoms with van der Waals surface area (Å²) in [6.45, 7) is 9.37. The summed E-state index contributed by atoms with van der Waals surface area (Å²) in [5, 5.41) is 38.2. The zero-order chi connectivity index (χ0) is 40.2. The number of carbonyl (C=O) groups excluding carboxylic acids is 5. The Hall–Kier alpha value is -3.30. The van der Waals surface area contributed by atoms with Gasteiger partial charge in [-0.2, -0.15) is 0 Å². The standard InChI is InChI=1S/C24H32N6O7S2.C8H8ClNO3.C2H6.Na/c1-26-16(12-38-13-25)18(28-37-10-17(31)32)21(33)27-19-22(34)29-20(24(35)36-2)14(11-39-23(19)29)9-30-7-3-5-15(30)6-4-8-30;1-10-8(13)4-2-3-5(11)7(12)6(4)9;1-2;/h12,15,19,23H,1,3-11,13,25H2,2H3,(H-,27,31,32,33);2-3,11-12H,1H3,(H,10,13);1-2H3;/q;;;+1/b16-12-,28-18-;;;/t15?,19-,23-,30?;;;/m1.../s1. The molecule has 1 aromatic carbocycles. The van der Waals surface area contributed by atoms with Gasteiger partial charge < -0.3 is 50.5 Å². The number of nitrogens with zero attached hydrogens (tertiary/aromatic N) is 4. The van der Waals surface area contributed by atoms with Crippen molar-refractivity contribution in [3.63, 3.8) is 0 Å². The maximum absolute atomic E-state index is 13.3. The SMILES string of the molecule is C=NC(=C\SCN)/C(=N/OCC(=O)[O-])C(=O)N[C@@H]1C(=O)N2C(C(=O)OC)=C(C[N+]34CCCC3CCC4)CS[C@H]12.CC.CNC(=O)c1ccc(O)c(O)c1Cl.[Na+]. The molecular weight excluding hydrogens is 789 g/mol. The molecule has 0 bridgehead atoms. The Morgan fingerprint density at radius 2 is 1.87 bits per heavy atom. The van der Waals surface area contributed by atoms with Crippen LogP contribution in [0.2, 0.25) is 5.02 Å². The normalized spacial score (nSPS) is 22.5. The van der Waals surface area contributed by atoms with E-state index in [0.717, 1.165) is 47.7 Å². The summed E-state index contributed by atoms with van der Waals surface area (Å²) in [6.07, 6.45) is 4.69. The second-order valence-electron chi connectivity index (χ2n) is 12.0. The van der Waals surface area contributed by atoms with Crippen molar-refractivity contribution in [3.05, 3.63) is 45.1 Å². The number of quaternary nitrogens is 1. The molecule has 3 saturated heterocycles. The first-order valence-electron chi connectivity index (χ1n) is 17.1.